The van der Waals surface area contributed by atoms with E-state index in [0.717, 1.165) is 33.7 Å². The van der Waals surface area contributed by atoms with Gasteiger partial charge in [-0.15, -0.1) is 0 Å². The molecule has 4 rings (SSSR count). The number of para-hydroxylation sites is 1. The first kappa shape index (κ1) is 12.9. The van der Waals surface area contributed by atoms with E-state index in [0.29, 0.717) is 6.04 Å². The molecule has 0 atom stereocenters. The fraction of sp³-hybridized carbons (Fsp3) is 0.235. The van der Waals surface area contributed by atoms with E-state index in [4.69, 9.17) is 11.6 Å². The van der Waals surface area contributed by atoms with Gasteiger partial charge in [-0.3, -0.25) is 0 Å². The first-order valence-corrected chi connectivity index (χ1v) is 7.64. The molecule has 1 aromatic heterocycles. The smallest absolute Gasteiger partial charge is 0.0741 e. The lowest BCUT2D eigenvalue weighted by Gasteiger charge is -2.09. The van der Waals surface area contributed by atoms with Crippen molar-refractivity contribution in [1.29, 1.82) is 0 Å². The van der Waals surface area contributed by atoms with Crippen LogP contribution in [0.1, 0.15) is 18.4 Å². The number of benzene rings is 2. The average molecular weight is 298 g/mol. The Balaban J connectivity index is 1.67. The molecular formula is C17H16ClN3. The van der Waals surface area contributed by atoms with Crippen LogP contribution in [0.2, 0.25) is 5.02 Å². The molecule has 0 radical (unpaired) electrons. The Hall–Kier alpha value is -1.84. The zero-order chi connectivity index (χ0) is 14.2. The summed E-state index contributed by atoms with van der Waals surface area (Å²) < 4.78 is 1.93. The third-order valence-electron chi connectivity index (χ3n) is 3.92. The van der Waals surface area contributed by atoms with Crippen LogP contribution in [0, 0.1) is 0 Å². The fourth-order valence-corrected chi connectivity index (χ4v) is 2.77. The van der Waals surface area contributed by atoms with Crippen molar-refractivity contribution in [1.82, 2.24) is 15.1 Å². The maximum absolute atomic E-state index is 6.42. The van der Waals surface area contributed by atoms with Crippen molar-refractivity contribution >= 4 is 22.5 Å². The van der Waals surface area contributed by atoms with Crippen molar-refractivity contribution in [2.75, 3.05) is 0 Å². The van der Waals surface area contributed by atoms with E-state index in [-0.39, 0.29) is 0 Å². The second-order valence-corrected chi connectivity index (χ2v) is 5.95. The molecule has 1 heterocycles. The molecule has 21 heavy (non-hydrogen) atoms. The molecule has 0 amide bonds. The highest BCUT2D eigenvalue weighted by atomic mass is 35.5. The van der Waals surface area contributed by atoms with Gasteiger partial charge in [-0.1, -0.05) is 35.9 Å². The van der Waals surface area contributed by atoms with Crippen LogP contribution in [-0.2, 0) is 6.54 Å². The normalized spacial score (nSPS) is 14.7. The molecule has 0 bridgehead atoms. The lowest BCUT2D eigenvalue weighted by atomic mass is 10.2. The fourth-order valence-electron chi connectivity index (χ4n) is 2.53. The lowest BCUT2D eigenvalue weighted by Crippen LogP contribution is -2.15. The number of halogens is 1. The molecule has 1 saturated carbocycles. The van der Waals surface area contributed by atoms with E-state index < -0.39 is 0 Å². The summed E-state index contributed by atoms with van der Waals surface area (Å²) in [5, 5.41) is 9.88. The number of aromatic nitrogens is 2. The van der Waals surface area contributed by atoms with E-state index in [2.05, 4.69) is 34.7 Å². The van der Waals surface area contributed by atoms with Crippen LogP contribution in [0.4, 0.5) is 0 Å². The summed E-state index contributed by atoms with van der Waals surface area (Å²) >= 11 is 6.42. The molecule has 3 nitrogen and oxygen atoms in total. The summed E-state index contributed by atoms with van der Waals surface area (Å²) in [5.74, 6) is 0. The van der Waals surface area contributed by atoms with Crippen molar-refractivity contribution in [3.8, 4) is 5.69 Å². The van der Waals surface area contributed by atoms with Crippen LogP contribution in [0.15, 0.2) is 48.7 Å². The molecule has 106 valence electrons. The highest BCUT2D eigenvalue weighted by Crippen LogP contribution is 2.25. The van der Waals surface area contributed by atoms with E-state index >= 15 is 0 Å². The van der Waals surface area contributed by atoms with Gasteiger partial charge in [-0.25, -0.2) is 4.68 Å². The van der Waals surface area contributed by atoms with Gasteiger partial charge in [0.05, 0.1) is 17.4 Å². The Morgan fingerprint density at radius 1 is 1.19 bits per heavy atom. The number of fused-ring (bicyclic) bond motifs is 1. The molecule has 1 N–H and O–H groups in total. The van der Waals surface area contributed by atoms with Crippen LogP contribution < -0.4 is 5.32 Å². The highest BCUT2D eigenvalue weighted by Gasteiger charge is 2.20. The number of nitrogens with one attached hydrogen (secondary N) is 1. The molecule has 0 aliphatic heterocycles. The molecule has 1 aliphatic carbocycles. The van der Waals surface area contributed by atoms with Crippen LogP contribution in [0.3, 0.4) is 0 Å². The zero-order valence-electron chi connectivity index (χ0n) is 11.6. The minimum absolute atomic E-state index is 0.691. The van der Waals surface area contributed by atoms with Crippen LogP contribution >= 0.6 is 11.6 Å². The molecule has 2 aromatic carbocycles. The molecule has 0 spiro atoms. The van der Waals surface area contributed by atoms with E-state index in [1.165, 1.54) is 12.8 Å². The van der Waals surface area contributed by atoms with Gasteiger partial charge in [0.15, 0.2) is 0 Å². The van der Waals surface area contributed by atoms with E-state index in [9.17, 15) is 0 Å². The van der Waals surface area contributed by atoms with Crippen LogP contribution in [0.25, 0.3) is 16.6 Å². The Bertz CT molecular complexity index is 790. The predicted octanol–water partition coefficient (Wildman–Crippen LogP) is 3.93. The number of hydrogen-bond acceptors (Lipinski definition) is 2. The minimum atomic E-state index is 0.691. The molecule has 0 unspecified atom stereocenters. The average Bonchev–Trinajstić information content (AvgIpc) is 3.23. The highest BCUT2D eigenvalue weighted by molar-refractivity contribution is 6.31. The van der Waals surface area contributed by atoms with Gasteiger partial charge >= 0.3 is 0 Å². The van der Waals surface area contributed by atoms with Gasteiger partial charge in [-0.05, 0) is 36.6 Å². The topological polar surface area (TPSA) is 29.9 Å². The van der Waals surface area contributed by atoms with Crippen molar-refractivity contribution < 1.29 is 0 Å². The largest absolute Gasteiger partial charge is 0.310 e. The van der Waals surface area contributed by atoms with Crippen molar-refractivity contribution in [3.63, 3.8) is 0 Å². The Kier molecular flexibility index (Phi) is 3.17. The summed E-state index contributed by atoms with van der Waals surface area (Å²) in [6, 6.07) is 15.0. The van der Waals surface area contributed by atoms with Crippen LogP contribution in [0.5, 0.6) is 0 Å². The number of nitrogens with zero attached hydrogens (tertiary/aromatic N) is 2. The SMILES string of the molecule is Clc1cc(-n2ncc3ccccc32)ccc1CNC1CC1. The predicted molar refractivity (Wildman–Crippen MR) is 85.9 cm³/mol. The summed E-state index contributed by atoms with van der Waals surface area (Å²) in [4.78, 5) is 0. The van der Waals surface area contributed by atoms with Gasteiger partial charge in [0.2, 0.25) is 0 Å². The van der Waals surface area contributed by atoms with E-state index in [1.807, 2.05) is 29.1 Å². The first-order chi connectivity index (χ1) is 10.3. The quantitative estimate of drug-likeness (QED) is 0.791. The summed E-state index contributed by atoms with van der Waals surface area (Å²) in [6.07, 6.45) is 4.45. The monoisotopic (exact) mass is 297 g/mol. The number of rotatable bonds is 4. The van der Waals surface area contributed by atoms with Gasteiger partial charge in [0.1, 0.15) is 0 Å². The summed E-state index contributed by atoms with van der Waals surface area (Å²) in [6.45, 7) is 0.837. The van der Waals surface area contributed by atoms with Crippen LogP contribution in [-0.4, -0.2) is 15.8 Å². The van der Waals surface area contributed by atoms with Crippen molar-refractivity contribution in [2.24, 2.45) is 0 Å². The maximum atomic E-state index is 6.42. The summed E-state index contributed by atoms with van der Waals surface area (Å²) in [7, 11) is 0. The van der Waals surface area contributed by atoms with Gasteiger partial charge in [0.25, 0.3) is 0 Å². The van der Waals surface area contributed by atoms with Crippen molar-refractivity contribution in [2.45, 2.75) is 25.4 Å². The second kappa shape index (κ2) is 5.17. The Morgan fingerprint density at radius 2 is 2.05 bits per heavy atom. The maximum Gasteiger partial charge on any atom is 0.0741 e. The Morgan fingerprint density at radius 3 is 2.86 bits per heavy atom. The molecule has 1 aliphatic rings. The minimum Gasteiger partial charge on any atom is -0.310 e. The van der Waals surface area contributed by atoms with E-state index in [1.54, 1.807) is 0 Å². The second-order valence-electron chi connectivity index (χ2n) is 5.55. The third kappa shape index (κ3) is 2.55. The Labute approximate surface area is 128 Å². The molecular weight excluding hydrogens is 282 g/mol. The van der Waals surface area contributed by atoms with Gasteiger partial charge < -0.3 is 5.32 Å². The third-order valence-corrected chi connectivity index (χ3v) is 4.27. The molecule has 3 aromatic rings. The van der Waals surface area contributed by atoms with Gasteiger partial charge in [0, 0.05) is 23.0 Å². The van der Waals surface area contributed by atoms with Gasteiger partial charge in [-0.2, -0.15) is 5.10 Å². The number of hydrogen-bond donors (Lipinski definition) is 1. The zero-order valence-corrected chi connectivity index (χ0v) is 12.3. The molecule has 4 heteroatoms. The first-order valence-electron chi connectivity index (χ1n) is 7.26. The van der Waals surface area contributed by atoms with Crippen molar-refractivity contribution in [3.05, 3.63) is 59.2 Å². The molecule has 0 saturated heterocycles. The summed E-state index contributed by atoms with van der Waals surface area (Å²) in [5.41, 5.74) is 3.23. The molecule has 1 fully saturated rings. The standard InChI is InChI=1S/C17H16ClN3/c18-16-9-15(8-5-12(16)10-19-14-6-7-14)21-17-4-2-1-3-13(17)11-20-21/h1-5,8-9,11,14,19H,6-7,10H2. The lowest BCUT2D eigenvalue weighted by molar-refractivity contribution is 0.688.